The molecule has 0 bridgehead atoms. The van der Waals surface area contributed by atoms with Crippen molar-refractivity contribution < 1.29 is 19.0 Å². The zero-order chi connectivity index (χ0) is 17.2. The van der Waals surface area contributed by atoms with Gasteiger partial charge in [-0.05, 0) is 55.0 Å². The predicted octanol–water partition coefficient (Wildman–Crippen LogP) is 3.43. The molecule has 1 amide bonds. The van der Waals surface area contributed by atoms with Crippen LogP contribution in [0.3, 0.4) is 0 Å². The maximum Gasteiger partial charge on any atom is 0.255 e. The smallest absolute Gasteiger partial charge is 0.255 e. The van der Waals surface area contributed by atoms with Gasteiger partial charge in [0.15, 0.2) is 0 Å². The second-order valence-electron chi connectivity index (χ2n) is 5.97. The topological polar surface area (TPSA) is 56.8 Å². The molecule has 2 heterocycles. The van der Waals surface area contributed by atoms with Crippen molar-refractivity contribution in [3.63, 3.8) is 0 Å². The Labute approximate surface area is 146 Å². The lowest BCUT2D eigenvalue weighted by molar-refractivity contribution is -0.113. The average Bonchev–Trinajstić information content (AvgIpc) is 3.09. The van der Waals surface area contributed by atoms with Crippen LogP contribution in [0, 0.1) is 0 Å². The number of nitrogens with one attached hydrogen (secondary N) is 1. The van der Waals surface area contributed by atoms with Crippen LogP contribution < -0.4 is 19.5 Å². The fraction of sp³-hybridized carbons (Fsp3) is 0.250. The lowest BCUT2D eigenvalue weighted by atomic mass is 10.1. The normalized spacial score (nSPS) is 14.5. The Morgan fingerprint density at radius 2 is 2.04 bits per heavy atom. The van der Waals surface area contributed by atoms with Gasteiger partial charge in [-0.15, -0.1) is 0 Å². The van der Waals surface area contributed by atoms with Crippen LogP contribution in [0.15, 0.2) is 42.0 Å². The van der Waals surface area contributed by atoms with Crippen LogP contribution in [-0.4, -0.2) is 25.7 Å². The van der Waals surface area contributed by atoms with Crippen LogP contribution in [-0.2, 0) is 11.2 Å². The molecule has 5 nitrogen and oxygen atoms in total. The number of hydrogen-bond donors (Lipinski definition) is 1. The number of rotatable bonds is 4. The van der Waals surface area contributed by atoms with Gasteiger partial charge in [-0.1, -0.05) is 0 Å². The first-order valence-electron chi connectivity index (χ1n) is 8.40. The van der Waals surface area contributed by atoms with Crippen molar-refractivity contribution in [3.05, 3.63) is 53.1 Å². The Bertz CT molecular complexity index is 857. The Balaban J connectivity index is 1.53. The summed E-state index contributed by atoms with van der Waals surface area (Å²) < 4.78 is 16.7. The predicted molar refractivity (Wildman–Crippen MR) is 95.4 cm³/mol. The fourth-order valence-corrected chi connectivity index (χ4v) is 3.02. The number of fused-ring (bicyclic) bond motifs is 2. The van der Waals surface area contributed by atoms with E-state index in [1.54, 1.807) is 0 Å². The summed E-state index contributed by atoms with van der Waals surface area (Å²) in [5.41, 5.74) is 3.32. The summed E-state index contributed by atoms with van der Waals surface area (Å²) in [6, 6.07) is 11.3. The van der Waals surface area contributed by atoms with Gasteiger partial charge in [0, 0.05) is 17.7 Å². The monoisotopic (exact) mass is 337 g/mol. The van der Waals surface area contributed by atoms with Gasteiger partial charge < -0.3 is 19.5 Å². The standard InChI is InChI=1S/C20H19NO4/c1-2-23-17-4-6-19-14(11-17)9-15(12-25-19)20(22)21-16-3-5-18-13(10-16)7-8-24-18/h3-6,9-11H,2,7-8,12H2,1H3,(H,21,22). The zero-order valence-electron chi connectivity index (χ0n) is 14.0. The molecule has 2 aliphatic rings. The maximum absolute atomic E-state index is 12.6. The van der Waals surface area contributed by atoms with E-state index in [-0.39, 0.29) is 12.5 Å². The van der Waals surface area contributed by atoms with Crippen LogP contribution in [0.5, 0.6) is 17.2 Å². The molecule has 2 aromatic carbocycles. The minimum absolute atomic E-state index is 0.161. The third-order valence-corrected chi connectivity index (χ3v) is 4.24. The maximum atomic E-state index is 12.6. The molecule has 0 fully saturated rings. The first-order valence-corrected chi connectivity index (χ1v) is 8.40. The van der Waals surface area contributed by atoms with Crippen LogP contribution in [0.4, 0.5) is 5.69 Å². The van der Waals surface area contributed by atoms with E-state index in [2.05, 4.69) is 5.32 Å². The van der Waals surface area contributed by atoms with E-state index in [1.165, 1.54) is 0 Å². The van der Waals surface area contributed by atoms with Crippen molar-refractivity contribution in [3.8, 4) is 17.2 Å². The van der Waals surface area contributed by atoms with Crippen molar-refractivity contribution in [2.24, 2.45) is 0 Å². The highest BCUT2D eigenvalue weighted by atomic mass is 16.5. The molecule has 5 heteroatoms. The van der Waals surface area contributed by atoms with E-state index in [0.717, 1.165) is 40.5 Å². The largest absolute Gasteiger partial charge is 0.494 e. The number of anilines is 1. The molecular weight excluding hydrogens is 318 g/mol. The molecule has 4 rings (SSSR count). The molecule has 0 saturated heterocycles. The first-order chi connectivity index (χ1) is 12.2. The molecule has 0 aliphatic carbocycles. The van der Waals surface area contributed by atoms with E-state index in [4.69, 9.17) is 14.2 Å². The van der Waals surface area contributed by atoms with Gasteiger partial charge in [-0.25, -0.2) is 0 Å². The van der Waals surface area contributed by atoms with E-state index < -0.39 is 0 Å². The third-order valence-electron chi connectivity index (χ3n) is 4.24. The fourth-order valence-electron chi connectivity index (χ4n) is 3.02. The molecule has 0 saturated carbocycles. The highest BCUT2D eigenvalue weighted by Crippen LogP contribution is 2.31. The number of amides is 1. The molecule has 25 heavy (non-hydrogen) atoms. The first kappa shape index (κ1) is 15.6. The average molecular weight is 337 g/mol. The number of carbonyl (C=O) groups is 1. The summed E-state index contributed by atoms with van der Waals surface area (Å²) in [5, 5.41) is 2.94. The molecule has 2 aliphatic heterocycles. The summed E-state index contributed by atoms with van der Waals surface area (Å²) in [6.45, 7) is 3.48. The molecule has 0 spiro atoms. The Morgan fingerprint density at radius 3 is 2.92 bits per heavy atom. The number of hydrogen-bond acceptors (Lipinski definition) is 4. The van der Waals surface area contributed by atoms with Crippen molar-refractivity contribution in [2.45, 2.75) is 13.3 Å². The molecule has 2 aromatic rings. The summed E-state index contributed by atoms with van der Waals surface area (Å²) in [6.07, 6.45) is 2.73. The highest BCUT2D eigenvalue weighted by Gasteiger charge is 2.19. The molecule has 0 radical (unpaired) electrons. The van der Waals surface area contributed by atoms with E-state index in [1.807, 2.05) is 49.4 Å². The zero-order valence-corrected chi connectivity index (χ0v) is 14.0. The molecule has 0 aromatic heterocycles. The minimum atomic E-state index is -0.161. The molecule has 0 atom stereocenters. The summed E-state index contributed by atoms with van der Waals surface area (Å²) >= 11 is 0. The van der Waals surface area contributed by atoms with Crippen LogP contribution in [0.2, 0.25) is 0 Å². The van der Waals surface area contributed by atoms with Gasteiger partial charge in [0.25, 0.3) is 5.91 Å². The van der Waals surface area contributed by atoms with Gasteiger partial charge >= 0.3 is 0 Å². The number of ether oxygens (including phenoxy) is 3. The van der Waals surface area contributed by atoms with Crippen molar-refractivity contribution in [1.82, 2.24) is 0 Å². The van der Waals surface area contributed by atoms with Crippen molar-refractivity contribution >= 4 is 17.7 Å². The number of benzene rings is 2. The highest BCUT2D eigenvalue weighted by molar-refractivity contribution is 6.07. The van der Waals surface area contributed by atoms with E-state index in [9.17, 15) is 4.79 Å². The van der Waals surface area contributed by atoms with Crippen LogP contribution >= 0.6 is 0 Å². The summed E-state index contributed by atoms with van der Waals surface area (Å²) in [4.78, 5) is 12.6. The Kier molecular flexibility index (Phi) is 4.06. The van der Waals surface area contributed by atoms with E-state index >= 15 is 0 Å². The quantitative estimate of drug-likeness (QED) is 0.929. The number of carbonyl (C=O) groups excluding carboxylic acids is 1. The molecular formula is C20H19NO4. The second-order valence-corrected chi connectivity index (χ2v) is 5.97. The lowest BCUT2D eigenvalue weighted by Crippen LogP contribution is -2.21. The Hall–Kier alpha value is -2.95. The van der Waals surface area contributed by atoms with E-state index in [0.29, 0.717) is 18.8 Å². The van der Waals surface area contributed by atoms with Crippen molar-refractivity contribution in [1.29, 1.82) is 0 Å². The molecule has 128 valence electrons. The summed E-state index contributed by atoms with van der Waals surface area (Å²) in [7, 11) is 0. The van der Waals surface area contributed by atoms with Gasteiger partial charge in [0.1, 0.15) is 23.9 Å². The van der Waals surface area contributed by atoms with Crippen LogP contribution in [0.1, 0.15) is 18.1 Å². The van der Waals surface area contributed by atoms with Crippen molar-refractivity contribution in [2.75, 3.05) is 25.1 Å². The Morgan fingerprint density at radius 1 is 1.16 bits per heavy atom. The van der Waals surface area contributed by atoms with Gasteiger partial charge in [-0.2, -0.15) is 0 Å². The van der Waals surface area contributed by atoms with Gasteiger partial charge in [0.2, 0.25) is 0 Å². The van der Waals surface area contributed by atoms with Gasteiger partial charge in [-0.3, -0.25) is 4.79 Å². The SMILES string of the molecule is CCOc1ccc2c(c1)C=C(C(=O)Nc1ccc3c(c1)CCO3)CO2. The second kappa shape index (κ2) is 6.51. The van der Waals surface area contributed by atoms with Gasteiger partial charge in [0.05, 0.1) is 18.8 Å². The lowest BCUT2D eigenvalue weighted by Gasteiger charge is -2.18. The summed E-state index contributed by atoms with van der Waals surface area (Å²) in [5.74, 6) is 2.26. The molecule has 0 unspecified atom stereocenters. The minimum Gasteiger partial charge on any atom is -0.494 e. The molecule has 1 N–H and O–H groups in total. The third kappa shape index (κ3) is 3.18. The van der Waals surface area contributed by atoms with Crippen LogP contribution in [0.25, 0.3) is 6.08 Å².